The molecule has 0 spiro atoms. The summed E-state index contributed by atoms with van der Waals surface area (Å²) in [4.78, 5) is 30.3. The number of nitrogens with one attached hydrogen (secondary N) is 2. The number of hydrogen-bond donors (Lipinski definition) is 8. The van der Waals surface area contributed by atoms with Crippen molar-refractivity contribution in [1.82, 2.24) is 15.5 Å². The lowest BCUT2D eigenvalue weighted by Gasteiger charge is -2.48. The monoisotopic (exact) mass is 636 g/mol. The van der Waals surface area contributed by atoms with Crippen molar-refractivity contribution in [3.8, 4) is 0 Å². The topological polar surface area (TPSA) is 251 Å². The highest BCUT2D eigenvalue weighted by molar-refractivity contribution is 5.76. The number of rotatable bonds is 10. The normalized spacial score (nSPS) is 43.5. The second kappa shape index (κ2) is 14.5. The number of hydrogen-bond acceptors (Lipinski definition) is 16. The highest BCUT2D eigenvalue weighted by atomic mass is 16.7. The Kier molecular flexibility index (Phi) is 11.4. The Bertz CT molecular complexity index is 1040. The van der Waals surface area contributed by atoms with Crippen molar-refractivity contribution < 1.29 is 68.6 Å². The predicted octanol–water partition coefficient (Wildman–Crippen LogP) is -5.39. The summed E-state index contributed by atoms with van der Waals surface area (Å²) in [6, 6.07) is -2.81. The minimum atomic E-state index is -1.63. The summed E-state index contributed by atoms with van der Waals surface area (Å²) in [6.07, 6.45) is -14.0. The van der Waals surface area contributed by atoms with Crippen molar-refractivity contribution >= 4 is 17.8 Å². The number of ether oxygens (including phenoxy) is 6. The van der Waals surface area contributed by atoms with Gasteiger partial charge in [-0.25, -0.2) is 4.99 Å². The maximum atomic E-state index is 12.2. The first-order chi connectivity index (χ1) is 20.9. The van der Waals surface area contributed by atoms with E-state index >= 15 is 0 Å². The second-order valence-electron chi connectivity index (χ2n) is 11.5. The first kappa shape index (κ1) is 34.6. The molecule has 4 aliphatic rings. The van der Waals surface area contributed by atoms with Crippen LogP contribution in [-0.2, 0) is 38.0 Å². The fraction of sp³-hybridized carbons (Fsp3) is 0.885. The van der Waals surface area contributed by atoms with E-state index in [1.54, 1.807) is 19.0 Å². The van der Waals surface area contributed by atoms with E-state index in [0.29, 0.717) is 6.02 Å². The molecule has 252 valence electrons. The molecule has 2 amide bonds. The van der Waals surface area contributed by atoms with Gasteiger partial charge >= 0.3 is 0 Å². The van der Waals surface area contributed by atoms with Gasteiger partial charge in [-0.05, 0) is 0 Å². The summed E-state index contributed by atoms with van der Waals surface area (Å²) in [5, 5.41) is 67.7. The molecule has 18 nitrogen and oxygen atoms in total. The van der Waals surface area contributed by atoms with Gasteiger partial charge in [-0.3, -0.25) is 9.59 Å². The molecule has 0 bridgehead atoms. The van der Waals surface area contributed by atoms with Crippen molar-refractivity contribution in [3.05, 3.63) is 0 Å². The Morgan fingerprint density at radius 3 is 1.86 bits per heavy atom. The van der Waals surface area contributed by atoms with Crippen LogP contribution < -0.4 is 10.6 Å². The van der Waals surface area contributed by atoms with Gasteiger partial charge in [-0.2, -0.15) is 0 Å². The Balaban J connectivity index is 1.59. The van der Waals surface area contributed by atoms with Crippen LogP contribution in [-0.4, -0.2) is 180 Å². The minimum absolute atomic E-state index is 0.364. The van der Waals surface area contributed by atoms with Crippen LogP contribution in [0.4, 0.5) is 0 Å². The van der Waals surface area contributed by atoms with E-state index in [0.717, 1.165) is 0 Å². The molecule has 3 fully saturated rings. The molecule has 4 rings (SSSR count). The van der Waals surface area contributed by atoms with Crippen molar-refractivity contribution in [1.29, 1.82) is 0 Å². The number of aliphatic imine (C=N–C) groups is 1. The van der Waals surface area contributed by atoms with Crippen LogP contribution in [0.1, 0.15) is 13.8 Å². The highest BCUT2D eigenvalue weighted by Crippen LogP contribution is 2.41. The van der Waals surface area contributed by atoms with Gasteiger partial charge in [0.05, 0.1) is 31.8 Å². The maximum absolute atomic E-state index is 12.2. The molecular weight excluding hydrogens is 592 g/mol. The third kappa shape index (κ3) is 6.80. The number of fused-ring (bicyclic) bond motifs is 1. The maximum Gasteiger partial charge on any atom is 0.287 e. The molecule has 18 heteroatoms. The highest BCUT2D eigenvalue weighted by Gasteiger charge is 2.59. The summed E-state index contributed by atoms with van der Waals surface area (Å²) in [5.74, 6) is -1.81. The van der Waals surface area contributed by atoms with Gasteiger partial charge in [0.2, 0.25) is 11.8 Å². The van der Waals surface area contributed by atoms with E-state index in [2.05, 4.69) is 15.6 Å². The van der Waals surface area contributed by atoms with Gasteiger partial charge in [-0.15, -0.1) is 0 Å². The van der Waals surface area contributed by atoms with Crippen LogP contribution in [0, 0.1) is 5.92 Å². The van der Waals surface area contributed by atoms with Gasteiger partial charge in [0.1, 0.15) is 67.0 Å². The SMILES string of the molecule is COC1C2N=C(N(C)C)OC2C(CO)[C@H]1O[C@@H]1OC(CO)[C@@H](O[C@@H]2OC(CO)[C@@H](O)C(O)C2NC(C)=O)C(O)C1NC(C)=O. The number of amidine groups is 1. The van der Waals surface area contributed by atoms with Gasteiger partial charge in [0.25, 0.3) is 6.02 Å². The second-order valence-corrected chi connectivity index (χ2v) is 11.5. The molecule has 0 radical (unpaired) electrons. The molecular formula is C26H44N4O14. The lowest BCUT2D eigenvalue weighted by molar-refractivity contribution is -0.339. The first-order valence-corrected chi connectivity index (χ1v) is 14.3. The van der Waals surface area contributed by atoms with E-state index in [-0.39, 0.29) is 6.61 Å². The lowest BCUT2D eigenvalue weighted by Crippen LogP contribution is -2.69. The molecule has 0 aromatic heterocycles. The number of carbonyl (C=O) groups excluding carboxylic acids is 2. The number of aliphatic hydroxyl groups is 6. The van der Waals surface area contributed by atoms with Gasteiger partial charge in [-0.1, -0.05) is 0 Å². The van der Waals surface area contributed by atoms with Crippen LogP contribution in [0.3, 0.4) is 0 Å². The van der Waals surface area contributed by atoms with Gasteiger partial charge in [0, 0.05) is 35.1 Å². The molecule has 15 atom stereocenters. The number of methoxy groups -OCH3 is 1. The molecule has 1 aliphatic carbocycles. The first-order valence-electron chi connectivity index (χ1n) is 14.3. The molecule has 3 aliphatic heterocycles. The third-order valence-electron chi connectivity index (χ3n) is 8.26. The Hall–Kier alpha value is -2.23. The van der Waals surface area contributed by atoms with Crippen LogP contribution in [0.5, 0.6) is 0 Å². The molecule has 3 heterocycles. The van der Waals surface area contributed by atoms with Gasteiger partial charge in [0.15, 0.2) is 12.6 Å². The Morgan fingerprint density at radius 1 is 0.818 bits per heavy atom. The predicted molar refractivity (Wildman–Crippen MR) is 146 cm³/mol. The summed E-state index contributed by atoms with van der Waals surface area (Å²) in [7, 11) is 4.97. The lowest BCUT2D eigenvalue weighted by atomic mass is 9.94. The largest absolute Gasteiger partial charge is 0.459 e. The minimum Gasteiger partial charge on any atom is -0.459 e. The Labute approximate surface area is 253 Å². The molecule has 44 heavy (non-hydrogen) atoms. The van der Waals surface area contributed by atoms with Crippen molar-refractivity contribution in [3.63, 3.8) is 0 Å². The number of carbonyl (C=O) groups is 2. The van der Waals surface area contributed by atoms with E-state index in [1.165, 1.54) is 21.0 Å². The molecule has 10 unspecified atom stereocenters. The van der Waals surface area contributed by atoms with Crippen LogP contribution in [0.15, 0.2) is 4.99 Å². The average Bonchev–Trinajstić information content (AvgIpc) is 3.52. The van der Waals surface area contributed by atoms with Crippen molar-refractivity contribution in [2.24, 2.45) is 10.9 Å². The Morgan fingerprint density at radius 2 is 1.36 bits per heavy atom. The fourth-order valence-corrected chi connectivity index (χ4v) is 6.17. The number of nitrogens with zero attached hydrogens (tertiary/aromatic N) is 2. The fourth-order valence-electron chi connectivity index (χ4n) is 6.17. The van der Waals surface area contributed by atoms with E-state index in [4.69, 9.17) is 28.4 Å². The molecule has 0 aromatic carbocycles. The molecule has 0 aromatic rings. The quantitative estimate of drug-likeness (QED) is 0.111. The summed E-state index contributed by atoms with van der Waals surface area (Å²) >= 11 is 0. The average molecular weight is 637 g/mol. The van der Waals surface area contributed by atoms with Crippen LogP contribution >= 0.6 is 0 Å². The standard InChI is InChI=1S/C26H44N4O14/c1-9(34)27-14-18(37)17(36)12(7-32)40-24(14)43-22-13(8-33)41-25(15(19(22)38)28-10(2)35)42-21-11(6-31)20-16(23(21)39-5)29-26(44-20)30(3)4/h11-25,31-33,36-38H,6-8H2,1-5H3,(H,27,34)(H,28,35)/t11?,12?,13?,14?,15?,16?,17-,18?,19?,20?,21-,22-,23?,24+,25+/m1/s1. The van der Waals surface area contributed by atoms with Crippen molar-refractivity contribution in [2.75, 3.05) is 41.0 Å². The summed E-state index contributed by atoms with van der Waals surface area (Å²) in [5.41, 5.74) is 0. The van der Waals surface area contributed by atoms with E-state index in [9.17, 15) is 40.2 Å². The number of amides is 2. The van der Waals surface area contributed by atoms with Crippen LogP contribution in [0.25, 0.3) is 0 Å². The summed E-state index contributed by atoms with van der Waals surface area (Å²) < 4.78 is 35.5. The molecule has 1 saturated carbocycles. The molecule has 2 saturated heterocycles. The molecule has 8 N–H and O–H groups in total. The van der Waals surface area contributed by atoms with E-state index in [1.807, 2.05) is 0 Å². The number of aliphatic hydroxyl groups excluding tert-OH is 6. The smallest absolute Gasteiger partial charge is 0.287 e. The zero-order chi connectivity index (χ0) is 32.5. The third-order valence-corrected chi connectivity index (χ3v) is 8.26. The summed E-state index contributed by atoms with van der Waals surface area (Å²) in [6.45, 7) is 0.578. The zero-order valence-electron chi connectivity index (χ0n) is 25.1. The van der Waals surface area contributed by atoms with Gasteiger partial charge < -0.3 is 74.6 Å². The van der Waals surface area contributed by atoms with Crippen molar-refractivity contribution in [2.45, 2.75) is 99.5 Å². The van der Waals surface area contributed by atoms with E-state index < -0.39 is 117 Å². The zero-order valence-corrected chi connectivity index (χ0v) is 25.1. The van der Waals surface area contributed by atoms with Crippen LogP contribution in [0.2, 0.25) is 0 Å².